The maximum absolute atomic E-state index is 4.02. The van der Waals surface area contributed by atoms with Crippen molar-refractivity contribution in [2.45, 2.75) is 6.04 Å². The van der Waals surface area contributed by atoms with E-state index in [1.165, 1.54) is 11.1 Å². The minimum Gasteiger partial charge on any atom is -0.307 e. The molecule has 1 N–H and O–H groups in total. The highest BCUT2D eigenvalue weighted by Crippen LogP contribution is 2.20. The average molecular weight is 145 g/mol. The van der Waals surface area contributed by atoms with Crippen molar-refractivity contribution in [1.82, 2.24) is 5.32 Å². The molecule has 1 aliphatic heterocycles. The van der Waals surface area contributed by atoms with Crippen LogP contribution in [0.1, 0.15) is 5.56 Å². The van der Waals surface area contributed by atoms with Crippen molar-refractivity contribution in [3.05, 3.63) is 42.5 Å². The van der Waals surface area contributed by atoms with Crippen molar-refractivity contribution in [3.8, 4) is 0 Å². The molecular weight excluding hydrogens is 134 g/mol. The second-order valence-electron chi connectivity index (χ2n) is 2.85. The fourth-order valence-electron chi connectivity index (χ4n) is 1.16. The van der Waals surface area contributed by atoms with Gasteiger partial charge in [0, 0.05) is 12.6 Å². The number of hydrogen-bond acceptors (Lipinski definition) is 1. The maximum Gasteiger partial charge on any atom is 0.0447 e. The Bertz CT molecular complexity index is 259. The molecule has 11 heavy (non-hydrogen) atoms. The van der Waals surface area contributed by atoms with Crippen molar-refractivity contribution in [3.63, 3.8) is 0 Å². The highest BCUT2D eigenvalue weighted by atomic mass is 15.1. The van der Waals surface area contributed by atoms with Crippen LogP contribution in [0.5, 0.6) is 0 Å². The molecule has 1 heterocycles. The summed E-state index contributed by atoms with van der Waals surface area (Å²) < 4.78 is 0. The molecule has 1 aliphatic rings. The minimum absolute atomic E-state index is 0.539. The number of benzene rings is 1. The SMILES string of the molecule is C=C(c1ccccc1)C1CN1. The second kappa shape index (κ2) is 2.51. The van der Waals surface area contributed by atoms with Gasteiger partial charge in [0.15, 0.2) is 0 Å². The third kappa shape index (κ3) is 1.33. The highest BCUT2D eigenvalue weighted by molar-refractivity contribution is 5.69. The van der Waals surface area contributed by atoms with Gasteiger partial charge >= 0.3 is 0 Å². The molecule has 2 rings (SSSR count). The molecule has 1 saturated heterocycles. The van der Waals surface area contributed by atoms with Gasteiger partial charge in [-0.3, -0.25) is 0 Å². The van der Waals surface area contributed by atoms with Crippen molar-refractivity contribution >= 4 is 5.57 Å². The van der Waals surface area contributed by atoms with Crippen molar-refractivity contribution in [2.24, 2.45) is 0 Å². The van der Waals surface area contributed by atoms with Gasteiger partial charge in [-0.25, -0.2) is 0 Å². The van der Waals surface area contributed by atoms with Crippen molar-refractivity contribution in [1.29, 1.82) is 0 Å². The van der Waals surface area contributed by atoms with Crippen LogP contribution in [-0.2, 0) is 0 Å². The average Bonchev–Trinajstić information content (AvgIpc) is 2.87. The number of nitrogens with one attached hydrogen (secondary N) is 1. The molecule has 0 aromatic heterocycles. The quantitative estimate of drug-likeness (QED) is 0.628. The first-order chi connectivity index (χ1) is 5.38. The maximum atomic E-state index is 4.02. The molecule has 1 fully saturated rings. The van der Waals surface area contributed by atoms with E-state index in [0.717, 1.165) is 6.54 Å². The van der Waals surface area contributed by atoms with E-state index < -0.39 is 0 Å². The lowest BCUT2D eigenvalue weighted by Crippen LogP contribution is -1.93. The predicted molar refractivity (Wildman–Crippen MR) is 47.3 cm³/mol. The van der Waals surface area contributed by atoms with Gasteiger partial charge in [0.05, 0.1) is 0 Å². The molecule has 1 unspecified atom stereocenters. The number of rotatable bonds is 2. The Balaban J connectivity index is 2.22. The zero-order valence-corrected chi connectivity index (χ0v) is 6.38. The summed E-state index contributed by atoms with van der Waals surface area (Å²) in [5, 5.41) is 3.23. The Labute approximate surface area is 66.7 Å². The molecule has 0 bridgehead atoms. The summed E-state index contributed by atoms with van der Waals surface area (Å²) in [4.78, 5) is 0. The van der Waals surface area contributed by atoms with Crippen LogP contribution in [0.4, 0.5) is 0 Å². The molecule has 1 heteroatoms. The van der Waals surface area contributed by atoms with Crippen molar-refractivity contribution < 1.29 is 0 Å². The Morgan fingerprint density at radius 2 is 2.00 bits per heavy atom. The van der Waals surface area contributed by atoms with E-state index in [4.69, 9.17) is 0 Å². The zero-order chi connectivity index (χ0) is 7.68. The Morgan fingerprint density at radius 1 is 1.36 bits per heavy atom. The summed E-state index contributed by atoms with van der Waals surface area (Å²) in [6.07, 6.45) is 0. The van der Waals surface area contributed by atoms with Crippen molar-refractivity contribution in [2.75, 3.05) is 6.54 Å². The molecule has 0 spiro atoms. The number of hydrogen-bond donors (Lipinski definition) is 1. The molecule has 0 saturated carbocycles. The Morgan fingerprint density at radius 3 is 2.55 bits per heavy atom. The fraction of sp³-hybridized carbons (Fsp3) is 0.200. The molecule has 1 atom stereocenters. The molecule has 1 aromatic carbocycles. The molecule has 1 aromatic rings. The first-order valence-electron chi connectivity index (χ1n) is 3.85. The van der Waals surface area contributed by atoms with Crippen LogP contribution >= 0.6 is 0 Å². The van der Waals surface area contributed by atoms with E-state index in [1.54, 1.807) is 0 Å². The van der Waals surface area contributed by atoms with Gasteiger partial charge in [-0.05, 0) is 11.1 Å². The minimum atomic E-state index is 0.539. The molecule has 0 aliphatic carbocycles. The summed E-state index contributed by atoms with van der Waals surface area (Å²) in [6.45, 7) is 5.12. The van der Waals surface area contributed by atoms with Gasteiger partial charge in [0.2, 0.25) is 0 Å². The van der Waals surface area contributed by atoms with Crippen LogP contribution in [0.25, 0.3) is 5.57 Å². The van der Waals surface area contributed by atoms with E-state index in [0.29, 0.717) is 6.04 Å². The zero-order valence-electron chi connectivity index (χ0n) is 6.38. The standard InChI is InChI=1S/C10H11N/c1-8(10-7-11-10)9-5-3-2-4-6-9/h2-6,10-11H,1,7H2. The van der Waals surface area contributed by atoms with Crippen LogP contribution in [-0.4, -0.2) is 12.6 Å². The van der Waals surface area contributed by atoms with Gasteiger partial charge in [0.1, 0.15) is 0 Å². The lowest BCUT2D eigenvalue weighted by molar-refractivity contribution is 1.22. The lowest BCUT2D eigenvalue weighted by atomic mass is 10.1. The monoisotopic (exact) mass is 145 g/mol. The smallest absolute Gasteiger partial charge is 0.0447 e. The third-order valence-electron chi connectivity index (χ3n) is 1.97. The van der Waals surface area contributed by atoms with Gasteiger partial charge in [-0.2, -0.15) is 0 Å². The lowest BCUT2D eigenvalue weighted by Gasteiger charge is -2.00. The summed E-state index contributed by atoms with van der Waals surface area (Å²) in [5.74, 6) is 0. The molecule has 0 radical (unpaired) electrons. The summed E-state index contributed by atoms with van der Waals surface area (Å²) in [6, 6.07) is 10.9. The summed E-state index contributed by atoms with van der Waals surface area (Å²) in [5.41, 5.74) is 2.47. The van der Waals surface area contributed by atoms with Gasteiger partial charge in [0.25, 0.3) is 0 Å². The van der Waals surface area contributed by atoms with E-state index in [2.05, 4.69) is 24.0 Å². The normalized spacial score (nSPS) is 21.3. The first-order valence-corrected chi connectivity index (χ1v) is 3.85. The Kier molecular flexibility index (Phi) is 1.51. The van der Waals surface area contributed by atoms with Gasteiger partial charge < -0.3 is 5.32 Å². The van der Waals surface area contributed by atoms with E-state index >= 15 is 0 Å². The van der Waals surface area contributed by atoms with Crippen LogP contribution < -0.4 is 5.32 Å². The van der Waals surface area contributed by atoms with E-state index in [-0.39, 0.29) is 0 Å². The Hall–Kier alpha value is -1.08. The van der Waals surface area contributed by atoms with E-state index in [9.17, 15) is 0 Å². The molecule has 0 amide bonds. The largest absolute Gasteiger partial charge is 0.307 e. The molecular formula is C10H11N. The first kappa shape index (κ1) is 6.62. The van der Waals surface area contributed by atoms with Crippen LogP contribution in [0.3, 0.4) is 0 Å². The topological polar surface area (TPSA) is 21.9 Å². The highest BCUT2D eigenvalue weighted by Gasteiger charge is 2.23. The van der Waals surface area contributed by atoms with Crippen LogP contribution in [0.2, 0.25) is 0 Å². The predicted octanol–water partition coefficient (Wildman–Crippen LogP) is 1.67. The summed E-state index contributed by atoms with van der Waals surface area (Å²) in [7, 11) is 0. The molecule has 1 nitrogen and oxygen atoms in total. The van der Waals surface area contributed by atoms with Gasteiger partial charge in [-0.15, -0.1) is 0 Å². The summed E-state index contributed by atoms with van der Waals surface area (Å²) >= 11 is 0. The van der Waals surface area contributed by atoms with E-state index in [1.807, 2.05) is 18.2 Å². The van der Waals surface area contributed by atoms with Crippen LogP contribution in [0.15, 0.2) is 36.9 Å². The fourth-order valence-corrected chi connectivity index (χ4v) is 1.16. The second-order valence-corrected chi connectivity index (χ2v) is 2.85. The van der Waals surface area contributed by atoms with Gasteiger partial charge in [-0.1, -0.05) is 36.9 Å². The van der Waals surface area contributed by atoms with Crippen LogP contribution in [0, 0.1) is 0 Å². The third-order valence-corrected chi connectivity index (χ3v) is 1.97. The molecule has 56 valence electrons.